The molecule has 1 aromatic carbocycles. The van der Waals surface area contributed by atoms with Gasteiger partial charge in [-0.3, -0.25) is 0 Å². The number of imide groups is 1. The van der Waals surface area contributed by atoms with Crippen molar-refractivity contribution in [3.8, 4) is 0 Å². The molecule has 0 aliphatic rings. The Morgan fingerprint density at radius 3 is 2.50 bits per heavy atom. The first-order chi connectivity index (χ1) is 8.51. The Hall–Kier alpha value is -1.46. The van der Waals surface area contributed by atoms with Crippen molar-refractivity contribution in [1.82, 2.24) is 5.32 Å². The van der Waals surface area contributed by atoms with Crippen molar-refractivity contribution in [2.75, 3.05) is 18.6 Å². The van der Waals surface area contributed by atoms with Gasteiger partial charge in [-0.1, -0.05) is 23.2 Å². The van der Waals surface area contributed by atoms with Crippen molar-refractivity contribution in [1.29, 1.82) is 0 Å². The van der Waals surface area contributed by atoms with Crippen LogP contribution in [0.25, 0.3) is 0 Å². The number of urea groups is 1. The van der Waals surface area contributed by atoms with Crippen molar-refractivity contribution in [2.24, 2.45) is 0 Å². The number of carbonyl (C=O) groups is 2. The number of hydrogen-bond donors (Lipinski definition) is 1. The summed E-state index contributed by atoms with van der Waals surface area (Å²) < 4.78 is 4.55. The molecule has 1 rings (SSSR count). The summed E-state index contributed by atoms with van der Waals surface area (Å²) in [7, 11) is 1.19. The van der Waals surface area contributed by atoms with Crippen LogP contribution in [0.4, 0.5) is 15.3 Å². The molecule has 0 bridgehead atoms. The summed E-state index contributed by atoms with van der Waals surface area (Å²) in [6.45, 7) is 2.12. The van der Waals surface area contributed by atoms with E-state index in [-0.39, 0.29) is 10.7 Å². The smallest absolute Gasteiger partial charge is 0.422 e. The van der Waals surface area contributed by atoms with Gasteiger partial charge in [0, 0.05) is 6.54 Å². The molecular formula is C11H12Cl2N2O3. The summed E-state index contributed by atoms with van der Waals surface area (Å²) >= 11 is 11.6. The second-order valence-corrected chi connectivity index (χ2v) is 4.05. The summed E-state index contributed by atoms with van der Waals surface area (Å²) in [6, 6.07) is 3.81. The molecule has 0 heterocycles. The number of anilines is 1. The van der Waals surface area contributed by atoms with E-state index in [9.17, 15) is 9.59 Å². The molecule has 3 amide bonds. The van der Waals surface area contributed by atoms with Crippen molar-refractivity contribution in [3.05, 3.63) is 28.2 Å². The van der Waals surface area contributed by atoms with E-state index in [4.69, 9.17) is 23.2 Å². The standard InChI is InChI=1S/C11H12Cl2N2O3/c1-3-14-10(16)15(11(17)18-2)7-4-5-8(12)9(13)6-7/h4-6H,3H2,1-2H3,(H,14,16). The second kappa shape index (κ2) is 6.47. The van der Waals surface area contributed by atoms with Crippen LogP contribution in [-0.4, -0.2) is 25.8 Å². The number of hydrogen-bond acceptors (Lipinski definition) is 3. The number of halogens is 2. The minimum Gasteiger partial charge on any atom is -0.452 e. The predicted molar refractivity (Wildman–Crippen MR) is 70.4 cm³/mol. The lowest BCUT2D eigenvalue weighted by Crippen LogP contribution is -2.44. The third kappa shape index (κ3) is 3.27. The maximum atomic E-state index is 11.8. The van der Waals surface area contributed by atoms with Gasteiger partial charge in [-0.05, 0) is 25.1 Å². The number of nitrogens with one attached hydrogen (secondary N) is 1. The molecule has 0 aliphatic heterocycles. The highest BCUT2D eigenvalue weighted by Gasteiger charge is 2.24. The van der Waals surface area contributed by atoms with E-state index in [1.54, 1.807) is 6.92 Å². The molecule has 0 saturated carbocycles. The molecule has 0 saturated heterocycles. The fourth-order valence-corrected chi connectivity index (χ4v) is 1.54. The maximum Gasteiger partial charge on any atom is 0.422 e. The monoisotopic (exact) mass is 290 g/mol. The molecule has 98 valence electrons. The average Bonchev–Trinajstić information content (AvgIpc) is 2.34. The highest BCUT2D eigenvalue weighted by molar-refractivity contribution is 6.42. The van der Waals surface area contributed by atoms with Crippen molar-refractivity contribution >= 4 is 41.0 Å². The third-order valence-corrected chi connectivity index (χ3v) is 2.79. The fraction of sp³-hybridized carbons (Fsp3) is 0.273. The Bertz CT molecular complexity index is 466. The lowest BCUT2D eigenvalue weighted by Gasteiger charge is -2.19. The van der Waals surface area contributed by atoms with Crippen LogP contribution in [0.2, 0.25) is 10.0 Å². The molecule has 5 nitrogen and oxygen atoms in total. The van der Waals surface area contributed by atoms with Crippen LogP contribution < -0.4 is 10.2 Å². The molecule has 1 N–H and O–H groups in total. The largest absolute Gasteiger partial charge is 0.452 e. The molecule has 7 heteroatoms. The van der Waals surface area contributed by atoms with E-state index in [2.05, 4.69) is 10.1 Å². The summed E-state index contributed by atoms with van der Waals surface area (Å²) in [4.78, 5) is 24.2. The number of nitrogens with zero attached hydrogens (tertiary/aromatic N) is 1. The van der Waals surface area contributed by atoms with E-state index in [1.807, 2.05) is 0 Å². The Morgan fingerprint density at radius 2 is 2.00 bits per heavy atom. The van der Waals surface area contributed by atoms with Crippen LogP contribution in [0.1, 0.15) is 6.92 Å². The van der Waals surface area contributed by atoms with E-state index >= 15 is 0 Å². The summed E-state index contributed by atoms with van der Waals surface area (Å²) in [5.74, 6) is 0. The average molecular weight is 291 g/mol. The molecule has 18 heavy (non-hydrogen) atoms. The van der Waals surface area contributed by atoms with Gasteiger partial charge < -0.3 is 10.1 Å². The minimum absolute atomic E-state index is 0.243. The van der Waals surface area contributed by atoms with Gasteiger partial charge in [0.25, 0.3) is 0 Å². The molecule has 0 atom stereocenters. The summed E-state index contributed by atoms with van der Waals surface area (Å²) in [6.07, 6.45) is -0.806. The first kappa shape index (κ1) is 14.6. The summed E-state index contributed by atoms with van der Waals surface area (Å²) in [5, 5.41) is 3.08. The van der Waals surface area contributed by atoms with Crippen molar-refractivity contribution in [2.45, 2.75) is 6.92 Å². The van der Waals surface area contributed by atoms with Gasteiger partial charge >= 0.3 is 12.1 Å². The Kier molecular flexibility index (Phi) is 5.25. The molecule has 0 fully saturated rings. The lowest BCUT2D eigenvalue weighted by molar-refractivity contribution is 0.178. The van der Waals surface area contributed by atoms with Gasteiger partial charge in [0.15, 0.2) is 0 Å². The van der Waals surface area contributed by atoms with E-state index in [0.717, 1.165) is 4.90 Å². The molecular weight excluding hydrogens is 279 g/mol. The van der Waals surface area contributed by atoms with Crippen molar-refractivity contribution < 1.29 is 14.3 Å². The SMILES string of the molecule is CCNC(=O)N(C(=O)OC)c1ccc(Cl)c(Cl)c1. The number of rotatable bonds is 2. The Morgan fingerprint density at radius 1 is 1.33 bits per heavy atom. The van der Waals surface area contributed by atoms with Crippen LogP contribution in [0.3, 0.4) is 0 Å². The summed E-state index contributed by atoms with van der Waals surface area (Å²) in [5.41, 5.74) is 0.280. The van der Waals surface area contributed by atoms with Crippen LogP contribution in [-0.2, 0) is 4.74 Å². The quantitative estimate of drug-likeness (QED) is 0.909. The Labute approximate surface area is 115 Å². The zero-order chi connectivity index (χ0) is 13.7. The normalized spacial score (nSPS) is 9.78. The lowest BCUT2D eigenvalue weighted by atomic mass is 10.3. The first-order valence-corrected chi connectivity index (χ1v) is 5.87. The Balaban J connectivity index is 3.13. The number of ether oxygens (including phenoxy) is 1. The van der Waals surface area contributed by atoms with Gasteiger partial charge in [-0.25, -0.2) is 9.59 Å². The molecule has 1 aromatic rings. The van der Waals surface area contributed by atoms with E-state index in [1.165, 1.54) is 25.3 Å². The zero-order valence-electron chi connectivity index (χ0n) is 9.87. The van der Waals surface area contributed by atoms with Crippen LogP contribution >= 0.6 is 23.2 Å². The van der Waals surface area contributed by atoms with Crippen molar-refractivity contribution in [3.63, 3.8) is 0 Å². The van der Waals surface area contributed by atoms with Gasteiger partial charge in [0.1, 0.15) is 0 Å². The third-order valence-electron chi connectivity index (χ3n) is 2.05. The van der Waals surface area contributed by atoms with Crippen LogP contribution in [0.15, 0.2) is 18.2 Å². The van der Waals surface area contributed by atoms with Gasteiger partial charge in [-0.2, -0.15) is 4.90 Å². The van der Waals surface area contributed by atoms with E-state index in [0.29, 0.717) is 11.6 Å². The number of amides is 3. The molecule has 0 aliphatic carbocycles. The molecule has 0 spiro atoms. The fourth-order valence-electron chi connectivity index (χ4n) is 1.25. The number of carbonyl (C=O) groups excluding carboxylic acids is 2. The molecule has 0 radical (unpaired) electrons. The van der Waals surface area contributed by atoms with Gasteiger partial charge in [-0.15, -0.1) is 0 Å². The second-order valence-electron chi connectivity index (χ2n) is 3.24. The molecule has 0 unspecified atom stereocenters. The minimum atomic E-state index is -0.806. The maximum absolute atomic E-state index is 11.8. The van der Waals surface area contributed by atoms with Gasteiger partial charge in [0.05, 0.1) is 22.8 Å². The topological polar surface area (TPSA) is 58.6 Å². The predicted octanol–water partition coefficient (Wildman–Crippen LogP) is 3.30. The number of methoxy groups -OCH3 is 1. The first-order valence-electron chi connectivity index (χ1n) is 5.12. The highest BCUT2D eigenvalue weighted by atomic mass is 35.5. The highest BCUT2D eigenvalue weighted by Crippen LogP contribution is 2.27. The number of benzene rings is 1. The van der Waals surface area contributed by atoms with Crippen LogP contribution in [0, 0.1) is 0 Å². The van der Waals surface area contributed by atoms with Gasteiger partial charge in [0.2, 0.25) is 0 Å². The molecule has 0 aromatic heterocycles. The zero-order valence-corrected chi connectivity index (χ0v) is 11.4. The van der Waals surface area contributed by atoms with Crippen LogP contribution in [0.5, 0.6) is 0 Å². The van der Waals surface area contributed by atoms with E-state index < -0.39 is 12.1 Å².